The Morgan fingerprint density at radius 1 is 1.15 bits per heavy atom. The molecule has 0 unspecified atom stereocenters. The van der Waals surface area contributed by atoms with Gasteiger partial charge in [0, 0.05) is 12.1 Å². The molecule has 0 aliphatic carbocycles. The SMILES string of the molecule is COc1ccc(CCC(=O)Nc2ccc(C(C)(C)C(=O)O)cc2)cc1F. The number of rotatable bonds is 7. The zero-order valence-electron chi connectivity index (χ0n) is 15.0. The van der Waals surface area contributed by atoms with E-state index in [2.05, 4.69) is 5.32 Å². The molecule has 0 fully saturated rings. The molecule has 0 spiro atoms. The number of carboxylic acids is 1. The Kier molecular flexibility index (Phi) is 5.97. The summed E-state index contributed by atoms with van der Waals surface area (Å²) in [6, 6.07) is 11.3. The first kappa shape index (κ1) is 19.4. The molecule has 1 amide bonds. The maximum absolute atomic E-state index is 13.6. The van der Waals surface area contributed by atoms with Gasteiger partial charge in [0.2, 0.25) is 5.91 Å². The van der Waals surface area contributed by atoms with Gasteiger partial charge in [-0.1, -0.05) is 18.2 Å². The van der Waals surface area contributed by atoms with Gasteiger partial charge in [0.25, 0.3) is 0 Å². The molecule has 0 radical (unpaired) electrons. The lowest BCUT2D eigenvalue weighted by Gasteiger charge is -2.19. The number of aryl methyl sites for hydroxylation is 1. The molecule has 0 atom stereocenters. The Balaban J connectivity index is 1.94. The summed E-state index contributed by atoms with van der Waals surface area (Å²) >= 11 is 0. The van der Waals surface area contributed by atoms with Gasteiger partial charge in [0.15, 0.2) is 11.6 Å². The highest BCUT2D eigenvalue weighted by Gasteiger charge is 2.29. The number of benzene rings is 2. The number of methoxy groups -OCH3 is 1. The lowest BCUT2D eigenvalue weighted by atomic mass is 9.85. The molecule has 2 aromatic carbocycles. The third-order valence-electron chi connectivity index (χ3n) is 4.28. The number of nitrogens with one attached hydrogen (secondary N) is 1. The minimum atomic E-state index is -0.999. The third kappa shape index (κ3) is 4.59. The molecule has 6 heteroatoms. The number of hydrogen-bond donors (Lipinski definition) is 2. The molecule has 0 aliphatic rings. The number of carboxylic acid groups (broad SMARTS) is 1. The Bertz CT molecular complexity index is 800. The van der Waals surface area contributed by atoms with Crippen LogP contribution in [-0.2, 0) is 21.4 Å². The normalized spacial score (nSPS) is 11.1. The topological polar surface area (TPSA) is 75.6 Å². The van der Waals surface area contributed by atoms with E-state index < -0.39 is 17.2 Å². The second kappa shape index (κ2) is 7.99. The van der Waals surface area contributed by atoms with E-state index in [9.17, 15) is 19.1 Å². The fourth-order valence-corrected chi connectivity index (χ4v) is 2.44. The van der Waals surface area contributed by atoms with E-state index in [1.54, 1.807) is 44.2 Å². The van der Waals surface area contributed by atoms with Gasteiger partial charge < -0.3 is 15.2 Å². The summed E-state index contributed by atoms with van der Waals surface area (Å²) in [5.41, 5.74) is 0.940. The average Bonchev–Trinajstić information content (AvgIpc) is 2.60. The fraction of sp³-hybridized carbons (Fsp3) is 0.300. The highest BCUT2D eigenvalue weighted by molar-refractivity contribution is 5.91. The Morgan fingerprint density at radius 2 is 1.81 bits per heavy atom. The number of amides is 1. The quantitative estimate of drug-likeness (QED) is 0.789. The predicted octanol–water partition coefficient (Wildman–Crippen LogP) is 3.77. The van der Waals surface area contributed by atoms with Crippen LogP contribution in [-0.4, -0.2) is 24.1 Å². The molecule has 2 rings (SSSR count). The van der Waals surface area contributed by atoms with Crippen molar-refractivity contribution >= 4 is 17.6 Å². The zero-order chi connectivity index (χ0) is 19.3. The monoisotopic (exact) mass is 359 g/mol. The first-order chi connectivity index (χ1) is 12.2. The summed E-state index contributed by atoms with van der Waals surface area (Å²) < 4.78 is 18.5. The lowest BCUT2D eigenvalue weighted by Crippen LogP contribution is -2.28. The number of halogens is 1. The number of carbonyl (C=O) groups excluding carboxylic acids is 1. The van der Waals surface area contributed by atoms with Crippen LogP contribution in [0.25, 0.3) is 0 Å². The molecule has 2 aromatic rings. The summed E-state index contributed by atoms with van der Waals surface area (Å²) in [6.07, 6.45) is 0.602. The molecule has 138 valence electrons. The first-order valence-corrected chi connectivity index (χ1v) is 8.20. The van der Waals surface area contributed by atoms with Crippen LogP contribution < -0.4 is 10.1 Å². The molecular formula is C20H22FNO4. The molecule has 0 bridgehead atoms. The smallest absolute Gasteiger partial charge is 0.313 e. The maximum Gasteiger partial charge on any atom is 0.313 e. The standard InChI is InChI=1S/C20H22FNO4/c1-20(2,19(24)25)14-6-8-15(9-7-14)22-18(23)11-5-13-4-10-17(26-3)16(21)12-13/h4,6-10,12H,5,11H2,1-3H3,(H,22,23)(H,24,25). The second-order valence-corrected chi connectivity index (χ2v) is 6.52. The van der Waals surface area contributed by atoms with Gasteiger partial charge in [0.05, 0.1) is 12.5 Å². The van der Waals surface area contributed by atoms with Crippen LogP contribution >= 0.6 is 0 Å². The van der Waals surface area contributed by atoms with Gasteiger partial charge in [-0.2, -0.15) is 0 Å². The van der Waals surface area contributed by atoms with Crippen molar-refractivity contribution in [2.24, 2.45) is 0 Å². The zero-order valence-corrected chi connectivity index (χ0v) is 15.0. The van der Waals surface area contributed by atoms with Crippen LogP contribution in [0.15, 0.2) is 42.5 Å². The van der Waals surface area contributed by atoms with Crippen molar-refractivity contribution in [1.82, 2.24) is 0 Å². The summed E-state index contributed by atoms with van der Waals surface area (Å²) in [4.78, 5) is 23.3. The lowest BCUT2D eigenvalue weighted by molar-refractivity contribution is -0.142. The van der Waals surface area contributed by atoms with E-state index >= 15 is 0 Å². The average molecular weight is 359 g/mol. The van der Waals surface area contributed by atoms with Crippen molar-refractivity contribution in [2.75, 3.05) is 12.4 Å². The Morgan fingerprint density at radius 3 is 2.35 bits per heavy atom. The molecule has 0 heterocycles. The van der Waals surface area contributed by atoms with Crippen molar-refractivity contribution in [3.8, 4) is 5.75 Å². The summed E-state index contributed by atoms with van der Waals surface area (Å²) in [7, 11) is 1.40. The Hall–Kier alpha value is -2.89. The van der Waals surface area contributed by atoms with E-state index in [1.165, 1.54) is 19.2 Å². The van der Waals surface area contributed by atoms with Gasteiger partial charge in [-0.3, -0.25) is 9.59 Å². The second-order valence-electron chi connectivity index (χ2n) is 6.52. The van der Waals surface area contributed by atoms with Crippen LogP contribution in [0.2, 0.25) is 0 Å². The molecule has 5 nitrogen and oxygen atoms in total. The van der Waals surface area contributed by atoms with E-state index in [0.717, 1.165) is 0 Å². The fourth-order valence-electron chi connectivity index (χ4n) is 2.44. The minimum Gasteiger partial charge on any atom is -0.494 e. The summed E-state index contributed by atoms with van der Waals surface area (Å²) in [6.45, 7) is 3.24. The van der Waals surface area contributed by atoms with Gasteiger partial charge in [0.1, 0.15) is 0 Å². The summed E-state index contributed by atoms with van der Waals surface area (Å²) in [5.74, 6) is -1.41. The van der Waals surface area contributed by atoms with Crippen molar-refractivity contribution < 1.29 is 23.8 Å². The Labute approximate surface area is 151 Å². The highest BCUT2D eigenvalue weighted by atomic mass is 19.1. The van der Waals surface area contributed by atoms with Gasteiger partial charge in [-0.15, -0.1) is 0 Å². The molecular weight excluding hydrogens is 337 g/mol. The van der Waals surface area contributed by atoms with Crippen molar-refractivity contribution in [2.45, 2.75) is 32.1 Å². The van der Waals surface area contributed by atoms with E-state index in [1.807, 2.05) is 0 Å². The van der Waals surface area contributed by atoms with Gasteiger partial charge in [-0.25, -0.2) is 4.39 Å². The van der Waals surface area contributed by atoms with E-state index in [-0.39, 0.29) is 18.1 Å². The number of carbonyl (C=O) groups is 2. The minimum absolute atomic E-state index is 0.169. The summed E-state index contributed by atoms with van der Waals surface area (Å²) in [5, 5.41) is 12.0. The van der Waals surface area contributed by atoms with Gasteiger partial charge in [-0.05, 0) is 55.7 Å². The largest absolute Gasteiger partial charge is 0.494 e. The number of anilines is 1. The van der Waals surface area contributed by atoms with Crippen LogP contribution in [0.4, 0.5) is 10.1 Å². The first-order valence-electron chi connectivity index (χ1n) is 8.20. The van der Waals surface area contributed by atoms with Crippen LogP contribution in [0, 0.1) is 5.82 Å². The van der Waals surface area contributed by atoms with Crippen molar-refractivity contribution in [3.05, 3.63) is 59.4 Å². The molecule has 0 aliphatic heterocycles. The van der Waals surface area contributed by atoms with Gasteiger partial charge >= 0.3 is 5.97 Å². The number of ether oxygens (including phenoxy) is 1. The molecule has 2 N–H and O–H groups in total. The number of hydrogen-bond acceptors (Lipinski definition) is 3. The predicted molar refractivity (Wildman–Crippen MR) is 97.0 cm³/mol. The number of aliphatic carboxylic acids is 1. The molecule has 0 saturated carbocycles. The van der Waals surface area contributed by atoms with Crippen molar-refractivity contribution in [1.29, 1.82) is 0 Å². The van der Waals surface area contributed by atoms with E-state index in [4.69, 9.17) is 4.74 Å². The maximum atomic E-state index is 13.6. The van der Waals surface area contributed by atoms with Crippen LogP contribution in [0.3, 0.4) is 0 Å². The highest BCUT2D eigenvalue weighted by Crippen LogP contribution is 2.25. The van der Waals surface area contributed by atoms with E-state index in [0.29, 0.717) is 23.2 Å². The van der Waals surface area contributed by atoms with Crippen molar-refractivity contribution in [3.63, 3.8) is 0 Å². The molecule has 0 aromatic heterocycles. The third-order valence-corrected chi connectivity index (χ3v) is 4.28. The van der Waals surface area contributed by atoms with Crippen LogP contribution in [0.5, 0.6) is 5.75 Å². The molecule has 0 saturated heterocycles. The van der Waals surface area contributed by atoms with Crippen LogP contribution in [0.1, 0.15) is 31.4 Å². The molecule has 26 heavy (non-hydrogen) atoms.